The molecular formula is C17H12Cl2N2O3S2. The normalized spacial score (nSPS) is 10.6. The fourth-order valence-electron chi connectivity index (χ4n) is 2.19. The molecule has 1 aromatic carbocycles. The van der Waals surface area contributed by atoms with E-state index in [9.17, 15) is 9.59 Å². The van der Waals surface area contributed by atoms with Gasteiger partial charge in [0.1, 0.15) is 9.88 Å². The number of halogens is 2. The van der Waals surface area contributed by atoms with Crippen molar-refractivity contribution < 1.29 is 14.3 Å². The second kappa shape index (κ2) is 7.75. The minimum absolute atomic E-state index is 0.294. The molecule has 3 aromatic rings. The standard InChI is InChI=1S/C17H12Cl2N2O3S2/c1-8-14(26-16(20-8)12-5-6-13(19)25-12)15(22)21-11-7-9(17(23)24-2)3-4-10(11)18/h3-7H,1-2H3,(H,21,22). The van der Waals surface area contributed by atoms with Crippen molar-refractivity contribution >= 4 is 63.4 Å². The van der Waals surface area contributed by atoms with Crippen LogP contribution in [0.25, 0.3) is 9.88 Å². The molecule has 1 N–H and O–H groups in total. The van der Waals surface area contributed by atoms with Crippen LogP contribution in [0.4, 0.5) is 5.69 Å². The molecule has 0 aliphatic heterocycles. The van der Waals surface area contributed by atoms with E-state index < -0.39 is 5.97 Å². The average molecular weight is 427 g/mol. The molecule has 0 radical (unpaired) electrons. The zero-order chi connectivity index (χ0) is 18.8. The minimum Gasteiger partial charge on any atom is -0.465 e. The highest BCUT2D eigenvalue weighted by Crippen LogP contribution is 2.35. The number of nitrogens with zero attached hydrogens (tertiary/aromatic N) is 1. The molecular weight excluding hydrogens is 415 g/mol. The summed E-state index contributed by atoms with van der Waals surface area (Å²) in [4.78, 5) is 30.1. The highest BCUT2D eigenvalue weighted by Gasteiger charge is 2.19. The Labute approximate surface area is 167 Å². The molecule has 0 saturated heterocycles. The van der Waals surface area contributed by atoms with Crippen molar-refractivity contribution in [3.8, 4) is 9.88 Å². The number of rotatable bonds is 4. The number of benzene rings is 1. The average Bonchev–Trinajstić information content (AvgIpc) is 3.21. The molecule has 2 aromatic heterocycles. The van der Waals surface area contributed by atoms with Gasteiger partial charge in [-0.3, -0.25) is 4.79 Å². The Bertz CT molecular complexity index is 998. The van der Waals surface area contributed by atoms with Crippen molar-refractivity contribution in [3.63, 3.8) is 0 Å². The van der Waals surface area contributed by atoms with E-state index in [2.05, 4.69) is 15.0 Å². The SMILES string of the molecule is COC(=O)c1ccc(Cl)c(NC(=O)c2sc(-c3ccc(Cl)s3)nc2C)c1. The maximum atomic E-state index is 12.6. The largest absolute Gasteiger partial charge is 0.465 e. The highest BCUT2D eigenvalue weighted by molar-refractivity contribution is 7.24. The van der Waals surface area contributed by atoms with Crippen LogP contribution in [0.1, 0.15) is 25.7 Å². The zero-order valence-corrected chi connectivity index (χ0v) is 16.8. The van der Waals surface area contributed by atoms with Crippen molar-refractivity contribution in [1.29, 1.82) is 0 Å². The summed E-state index contributed by atoms with van der Waals surface area (Å²) >= 11 is 14.8. The Morgan fingerprint density at radius 1 is 1.15 bits per heavy atom. The Balaban J connectivity index is 1.87. The predicted octanol–water partition coefficient (Wildman–Crippen LogP) is 5.53. The first-order valence-corrected chi connectivity index (χ1v) is 9.70. The lowest BCUT2D eigenvalue weighted by Gasteiger charge is -2.08. The van der Waals surface area contributed by atoms with E-state index in [1.807, 2.05) is 6.07 Å². The molecule has 0 unspecified atom stereocenters. The van der Waals surface area contributed by atoms with Gasteiger partial charge in [0, 0.05) is 0 Å². The molecule has 1 amide bonds. The van der Waals surface area contributed by atoms with Gasteiger partial charge in [-0.25, -0.2) is 9.78 Å². The summed E-state index contributed by atoms with van der Waals surface area (Å²) in [6.07, 6.45) is 0. The number of thiophene rings is 1. The Hall–Kier alpha value is -1.93. The van der Waals surface area contributed by atoms with Gasteiger partial charge in [-0.05, 0) is 37.3 Å². The van der Waals surface area contributed by atoms with Crippen LogP contribution in [0.15, 0.2) is 30.3 Å². The number of thiazole rings is 1. The quantitative estimate of drug-likeness (QED) is 0.557. The monoisotopic (exact) mass is 426 g/mol. The second-order valence-corrected chi connectivity index (χ2v) is 8.30. The lowest BCUT2D eigenvalue weighted by molar-refractivity contribution is 0.0600. The summed E-state index contributed by atoms with van der Waals surface area (Å²) in [6.45, 7) is 1.76. The minimum atomic E-state index is -0.511. The van der Waals surface area contributed by atoms with Crippen LogP contribution in [0.2, 0.25) is 9.36 Å². The number of ether oxygens (including phenoxy) is 1. The molecule has 0 aliphatic carbocycles. The number of aryl methyl sites for hydroxylation is 1. The van der Waals surface area contributed by atoms with Gasteiger partial charge < -0.3 is 10.1 Å². The van der Waals surface area contributed by atoms with Gasteiger partial charge in [-0.1, -0.05) is 23.2 Å². The first kappa shape index (κ1) is 18.8. The summed E-state index contributed by atoms with van der Waals surface area (Å²) < 4.78 is 5.34. The van der Waals surface area contributed by atoms with Crippen LogP contribution in [0.5, 0.6) is 0 Å². The third kappa shape index (κ3) is 3.91. The van der Waals surface area contributed by atoms with E-state index in [1.165, 1.54) is 48.0 Å². The number of anilines is 1. The first-order valence-electron chi connectivity index (χ1n) is 7.31. The third-order valence-corrected chi connectivity index (χ3v) is 6.31. The summed E-state index contributed by atoms with van der Waals surface area (Å²) in [5.74, 6) is -0.860. The summed E-state index contributed by atoms with van der Waals surface area (Å²) in [6, 6.07) is 8.19. The van der Waals surface area contributed by atoms with Gasteiger partial charge in [0.25, 0.3) is 5.91 Å². The van der Waals surface area contributed by atoms with E-state index in [4.69, 9.17) is 23.2 Å². The number of aromatic nitrogens is 1. The molecule has 0 saturated carbocycles. The lowest BCUT2D eigenvalue weighted by Crippen LogP contribution is -2.13. The topological polar surface area (TPSA) is 68.3 Å². The van der Waals surface area contributed by atoms with Crippen molar-refractivity contribution in [3.05, 3.63) is 55.8 Å². The second-order valence-electron chi connectivity index (χ2n) is 5.18. The molecule has 0 bridgehead atoms. The number of nitrogens with one attached hydrogen (secondary N) is 1. The molecule has 5 nitrogen and oxygen atoms in total. The van der Waals surface area contributed by atoms with E-state index >= 15 is 0 Å². The summed E-state index contributed by atoms with van der Waals surface area (Å²) in [5.41, 5.74) is 1.22. The van der Waals surface area contributed by atoms with Gasteiger partial charge >= 0.3 is 5.97 Å². The van der Waals surface area contributed by atoms with Gasteiger partial charge in [0.05, 0.1) is 38.3 Å². The van der Waals surface area contributed by atoms with Crippen LogP contribution in [-0.2, 0) is 4.74 Å². The number of carbonyl (C=O) groups excluding carboxylic acids is 2. The highest BCUT2D eigenvalue weighted by atomic mass is 35.5. The Kier molecular flexibility index (Phi) is 5.62. The number of amides is 1. The lowest BCUT2D eigenvalue weighted by atomic mass is 10.2. The molecule has 26 heavy (non-hydrogen) atoms. The smallest absolute Gasteiger partial charge is 0.337 e. The van der Waals surface area contributed by atoms with Crippen LogP contribution in [0.3, 0.4) is 0 Å². The van der Waals surface area contributed by atoms with Crippen LogP contribution >= 0.6 is 45.9 Å². The van der Waals surface area contributed by atoms with E-state index in [0.29, 0.717) is 31.2 Å². The number of esters is 1. The van der Waals surface area contributed by atoms with Crippen LogP contribution < -0.4 is 5.32 Å². The van der Waals surface area contributed by atoms with E-state index in [1.54, 1.807) is 13.0 Å². The third-order valence-electron chi connectivity index (χ3n) is 3.42. The predicted molar refractivity (Wildman–Crippen MR) is 106 cm³/mol. The van der Waals surface area contributed by atoms with E-state index in [-0.39, 0.29) is 5.91 Å². The molecule has 134 valence electrons. The summed E-state index contributed by atoms with van der Waals surface area (Å²) in [5, 5.41) is 3.77. The molecule has 9 heteroatoms. The fraction of sp³-hybridized carbons (Fsp3) is 0.118. The van der Waals surface area contributed by atoms with Crippen LogP contribution in [-0.4, -0.2) is 24.0 Å². The zero-order valence-electron chi connectivity index (χ0n) is 13.6. The van der Waals surface area contributed by atoms with Gasteiger partial charge in [-0.2, -0.15) is 0 Å². The summed E-state index contributed by atoms with van der Waals surface area (Å²) in [7, 11) is 1.29. The van der Waals surface area contributed by atoms with Crippen molar-refractivity contribution in [1.82, 2.24) is 4.98 Å². The maximum absolute atomic E-state index is 12.6. The maximum Gasteiger partial charge on any atom is 0.337 e. The molecule has 0 spiro atoms. The number of carbonyl (C=O) groups is 2. The van der Waals surface area contributed by atoms with Crippen molar-refractivity contribution in [2.45, 2.75) is 6.92 Å². The van der Waals surface area contributed by atoms with E-state index in [0.717, 1.165) is 9.88 Å². The first-order chi connectivity index (χ1) is 12.4. The fourth-order valence-corrected chi connectivity index (χ4v) is 4.41. The van der Waals surface area contributed by atoms with Crippen molar-refractivity contribution in [2.75, 3.05) is 12.4 Å². The number of hydrogen-bond acceptors (Lipinski definition) is 6. The molecule has 3 rings (SSSR count). The van der Waals surface area contributed by atoms with Crippen molar-refractivity contribution in [2.24, 2.45) is 0 Å². The Morgan fingerprint density at radius 3 is 2.58 bits per heavy atom. The van der Waals surface area contributed by atoms with Crippen LogP contribution in [0, 0.1) is 6.92 Å². The molecule has 2 heterocycles. The Morgan fingerprint density at radius 2 is 1.92 bits per heavy atom. The van der Waals surface area contributed by atoms with Gasteiger partial charge in [0.15, 0.2) is 0 Å². The number of methoxy groups -OCH3 is 1. The molecule has 0 atom stereocenters. The molecule has 0 aliphatic rings. The van der Waals surface area contributed by atoms with Gasteiger partial charge in [0.2, 0.25) is 0 Å². The molecule has 0 fully saturated rings. The number of hydrogen-bond donors (Lipinski definition) is 1. The van der Waals surface area contributed by atoms with Gasteiger partial charge in [-0.15, -0.1) is 22.7 Å².